The van der Waals surface area contributed by atoms with Crippen molar-refractivity contribution < 1.29 is 9.47 Å². The van der Waals surface area contributed by atoms with E-state index in [1.165, 1.54) is 12.8 Å². The van der Waals surface area contributed by atoms with Crippen molar-refractivity contribution in [1.29, 1.82) is 0 Å². The minimum Gasteiger partial charge on any atom is -0.356 e. The molecule has 14 heavy (non-hydrogen) atoms. The van der Waals surface area contributed by atoms with Gasteiger partial charge in [0.15, 0.2) is 6.29 Å². The minimum absolute atomic E-state index is 0.0272. The Morgan fingerprint density at radius 2 is 1.93 bits per heavy atom. The quantitative estimate of drug-likeness (QED) is 0.393. The van der Waals surface area contributed by atoms with Crippen LogP contribution >= 0.6 is 0 Å². The molecule has 0 N–H and O–H groups in total. The highest BCUT2D eigenvalue weighted by Gasteiger charge is 2.40. The van der Waals surface area contributed by atoms with E-state index in [-0.39, 0.29) is 6.29 Å². The fraction of sp³-hybridized carbons (Fsp3) is 0.818. The van der Waals surface area contributed by atoms with E-state index in [1.807, 2.05) is 0 Å². The lowest BCUT2D eigenvalue weighted by Crippen LogP contribution is -2.28. The van der Waals surface area contributed by atoms with Crippen LogP contribution in [0.3, 0.4) is 0 Å². The van der Waals surface area contributed by atoms with Gasteiger partial charge in [-0.05, 0) is 36.1 Å². The van der Waals surface area contributed by atoms with E-state index >= 15 is 0 Å². The predicted molar refractivity (Wildman–Crippen MR) is 60.3 cm³/mol. The number of rotatable bonds is 4. The van der Waals surface area contributed by atoms with E-state index in [1.54, 1.807) is 14.2 Å². The molecule has 2 nitrogen and oxygen atoms in total. The molecule has 0 heterocycles. The summed E-state index contributed by atoms with van der Waals surface area (Å²) in [5, 5.41) is 0. The fourth-order valence-electron chi connectivity index (χ4n) is 3.16. The monoisotopic (exact) mass is 212 g/mol. The Labute approximate surface area is 89.1 Å². The Kier molecular flexibility index (Phi) is 3.09. The summed E-state index contributed by atoms with van der Waals surface area (Å²) in [4.78, 5) is 0. The van der Waals surface area contributed by atoms with Gasteiger partial charge in [0.05, 0.1) is 0 Å². The molecule has 1 saturated carbocycles. The Balaban J connectivity index is 1.98. The second-order valence-corrected chi connectivity index (χ2v) is 5.98. The van der Waals surface area contributed by atoms with Crippen LogP contribution in [0.25, 0.3) is 0 Å². The van der Waals surface area contributed by atoms with Crippen LogP contribution in [0.2, 0.25) is 5.54 Å². The van der Waals surface area contributed by atoms with Crippen LogP contribution in [-0.4, -0.2) is 30.8 Å². The van der Waals surface area contributed by atoms with Crippen LogP contribution in [0.5, 0.6) is 0 Å². The third-order valence-electron chi connectivity index (χ3n) is 3.90. The van der Waals surface area contributed by atoms with E-state index in [0.29, 0.717) is 5.54 Å². The molecule has 0 radical (unpaired) electrons. The Morgan fingerprint density at radius 1 is 1.21 bits per heavy atom. The molecule has 0 saturated heterocycles. The molecular formula is C11H20O2Si. The summed E-state index contributed by atoms with van der Waals surface area (Å²) in [5.74, 6) is 2.49. The van der Waals surface area contributed by atoms with Gasteiger partial charge < -0.3 is 9.47 Å². The predicted octanol–water partition coefficient (Wildman–Crippen LogP) is 0.971. The van der Waals surface area contributed by atoms with Crippen molar-refractivity contribution >= 4 is 10.2 Å². The molecule has 4 atom stereocenters. The first-order valence-electron chi connectivity index (χ1n) is 5.50. The molecule has 0 aliphatic heterocycles. The van der Waals surface area contributed by atoms with Crippen molar-refractivity contribution in [3.8, 4) is 0 Å². The SMILES string of the molecule is COC(OC)C([SiH3])C1CC2C=CC1C2. The second-order valence-electron chi connectivity index (χ2n) is 4.64. The number of allylic oxidation sites excluding steroid dienone is 2. The molecule has 2 aliphatic carbocycles. The average Bonchev–Trinajstić information content (AvgIpc) is 2.80. The molecule has 2 bridgehead atoms. The van der Waals surface area contributed by atoms with Crippen molar-refractivity contribution in [3.05, 3.63) is 12.2 Å². The molecule has 0 amide bonds. The second kappa shape index (κ2) is 4.17. The van der Waals surface area contributed by atoms with Crippen molar-refractivity contribution in [2.75, 3.05) is 14.2 Å². The van der Waals surface area contributed by atoms with Gasteiger partial charge in [-0.3, -0.25) is 0 Å². The van der Waals surface area contributed by atoms with Crippen LogP contribution in [0.4, 0.5) is 0 Å². The number of fused-ring (bicyclic) bond motifs is 2. The topological polar surface area (TPSA) is 18.5 Å². The van der Waals surface area contributed by atoms with Crippen LogP contribution in [0.1, 0.15) is 12.8 Å². The molecular weight excluding hydrogens is 192 g/mol. The van der Waals surface area contributed by atoms with Gasteiger partial charge in [0, 0.05) is 24.5 Å². The molecule has 2 rings (SSSR count). The third kappa shape index (κ3) is 1.69. The lowest BCUT2D eigenvalue weighted by atomic mass is 9.90. The molecule has 80 valence electrons. The highest BCUT2D eigenvalue weighted by Crippen LogP contribution is 2.48. The maximum Gasteiger partial charge on any atom is 0.156 e. The summed E-state index contributed by atoms with van der Waals surface area (Å²) in [7, 11) is 4.67. The summed E-state index contributed by atoms with van der Waals surface area (Å²) >= 11 is 0. The molecule has 3 heteroatoms. The zero-order chi connectivity index (χ0) is 10.1. The molecule has 0 aromatic heterocycles. The third-order valence-corrected chi connectivity index (χ3v) is 5.30. The van der Waals surface area contributed by atoms with Crippen LogP contribution in [-0.2, 0) is 9.47 Å². The van der Waals surface area contributed by atoms with Gasteiger partial charge in [0.2, 0.25) is 0 Å². The van der Waals surface area contributed by atoms with E-state index < -0.39 is 0 Å². The van der Waals surface area contributed by atoms with Gasteiger partial charge in [-0.15, -0.1) is 0 Å². The number of hydrogen-bond acceptors (Lipinski definition) is 2. The van der Waals surface area contributed by atoms with Gasteiger partial charge in [-0.25, -0.2) is 0 Å². The lowest BCUT2D eigenvalue weighted by Gasteiger charge is -2.30. The average molecular weight is 212 g/mol. The first kappa shape index (κ1) is 10.4. The normalized spacial score (nSPS) is 37.2. The largest absolute Gasteiger partial charge is 0.356 e. The molecule has 0 aromatic rings. The standard InChI is InChI=1S/C11H20O2Si/c1-12-11(13-2)10(14)9-6-7-3-4-8(9)5-7/h3-4,7-11H,5-6H2,1-2,14H3. The van der Waals surface area contributed by atoms with Crippen LogP contribution < -0.4 is 0 Å². The maximum absolute atomic E-state index is 5.37. The van der Waals surface area contributed by atoms with E-state index in [0.717, 1.165) is 28.0 Å². The molecule has 0 aromatic carbocycles. The van der Waals surface area contributed by atoms with Crippen LogP contribution in [0.15, 0.2) is 12.2 Å². The smallest absolute Gasteiger partial charge is 0.156 e. The van der Waals surface area contributed by atoms with Crippen molar-refractivity contribution in [1.82, 2.24) is 0 Å². The van der Waals surface area contributed by atoms with Gasteiger partial charge in [0.1, 0.15) is 0 Å². The van der Waals surface area contributed by atoms with Gasteiger partial charge in [-0.2, -0.15) is 0 Å². The van der Waals surface area contributed by atoms with Gasteiger partial charge >= 0.3 is 0 Å². The van der Waals surface area contributed by atoms with E-state index in [2.05, 4.69) is 12.2 Å². The Morgan fingerprint density at radius 3 is 2.36 bits per heavy atom. The summed E-state index contributed by atoms with van der Waals surface area (Å²) in [6, 6.07) is 0. The highest BCUT2D eigenvalue weighted by molar-refractivity contribution is 6.12. The Bertz CT molecular complexity index is 225. The lowest BCUT2D eigenvalue weighted by molar-refractivity contribution is -0.114. The maximum atomic E-state index is 5.37. The fourth-order valence-corrected chi connectivity index (χ4v) is 4.47. The van der Waals surface area contributed by atoms with Gasteiger partial charge in [0.25, 0.3) is 0 Å². The van der Waals surface area contributed by atoms with Crippen molar-refractivity contribution in [2.45, 2.75) is 24.7 Å². The highest BCUT2D eigenvalue weighted by atomic mass is 28.1. The minimum atomic E-state index is 0.0272. The molecule has 2 aliphatic rings. The van der Waals surface area contributed by atoms with Crippen molar-refractivity contribution in [3.63, 3.8) is 0 Å². The summed E-state index contributed by atoms with van der Waals surface area (Å²) in [6.07, 6.45) is 7.57. The first-order valence-corrected chi connectivity index (χ1v) is 6.65. The molecule has 0 spiro atoms. The van der Waals surface area contributed by atoms with E-state index in [9.17, 15) is 0 Å². The molecule has 1 fully saturated rings. The summed E-state index contributed by atoms with van der Waals surface area (Å²) in [6.45, 7) is 0. The number of hydrogen-bond donors (Lipinski definition) is 0. The van der Waals surface area contributed by atoms with Crippen molar-refractivity contribution in [2.24, 2.45) is 17.8 Å². The van der Waals surface area contributed by atoms with Crippen LogP contribution in [0, 0.1) is 17.8 Å². The number of ether oxygens (including phenoxy) is 2. The molecule has 4 unspecified atom stereocenters. The Hall–Kier alpha value is -0.123. The summed E-state index contributed by atoms with van der Waals surface area (Å²) < 4.78 is 10.7. The number of methoxy groups -OCH3 is 2. The zero-order valence-corrected chi connectivity index (χ0v) is 11.3. The zero-order valence-electron chi connectivity index (χ0n) is 9.27. The first-order chi connectivity index (χ1) is 6.76. The van der Waals surface area contributed by atoms with E-state index in [4.69, 9.17) is 9.47 Å². The van der Waals surface area contributed by atoms with Gasteiger partial charge in [-0.1, -0.05) is 12.2 Å². The summed E-state index contributed by atoms with van der Waals surface area (Å²) in [5.41, 5.74) is 0.643.